The molecule has 0 spiro atoms. The monoisotopic (exact) mass is 310 g/mol. The minimum atomic E-state index is -0.236. The third-order valence-electron chi connectivity index (χ3n) is 3.84. The molecule has 23 heavy (non-hydrogen) atoms. The molecule has 0 saturated heterocycles. The lowest BCUT2D eigenvalue weighted by Gasteiger charge is -2.12. The fraction of sp³-hybridized carbons (Fsp3) is 0.211. The molecular weight excluding hydrogens is 292 g/mol. The van der Waals surface area contributed by atoms with Crippen molar-refractivity contribution < 1.29 is 14.3 Å². The van der Waals surface area contributed by atoms with E-state index < -0.39 is 0 Å². The lowest BCUT2D eigenvalue weighted by molar-refractivity contribution is 0.402. The zero-order valence-corrected chi connectivity index (χ0v) is 13.3. The molecule has 0 bridgehead atoms. The van der Waals surface area contributed by atoms with Gasteiger partial charge in [0.2, 0.25) is 5.43 Å². The van der Waals surface area contributed by atoms with Gasteiger partial charge in [-0.05, 0) is 32.4 Å². The molecule has 2 aromatic carbocycles. The summed E-state index contributed by atoms with van der Waals surface area (Å²) in [7, 11) is 1.53. The Morgan fingerprint density at radius 2 is 2.00 bits per heavy atom. The van der Waals surface area contributed by atoms with Crippen molar-refractivity contribution in [2.45, 2.75) is 20.3 Å². The van der Waals surface area contributed by atoms with Gasteiger partial charge in [0.15, 0.2) is 0 Å². The maximum Gasteiger partial charge on any atom is 0.204 e. The largest absolute Gasteiger partial charge is 0.507 e. The number of para-hydroxylation sites is 1. The van der Waals surface area contributed by atoms with E-state index in [-0.39, 0.29) is 16.6 Å². The molecule has 118 valence electrons. The number of benzene rings is 2. The molecule has 0 fully saturated rings. The molecule has 0 amide bonds. The van der Waals surface area contributed by atoms with Crippen molar-refractivity contribution in [2.24, 2.45) is 0 Å². The highest BCUT2D eigenvalue weighted by Gasteiger charge is 2.18. The van der Waals surface area contributed by atoms with E-state index in [9.17, 15) is 9.90 Å². The van der Waals surface area contributed by atoms with Crippen LogP contribution in [0.4, 0.5) is 0 Å². The van der Waals surface area contributed by atoms with Gasteiger partial charge in [-0.1, -0.05) is 23.8 Å². The lowest BCUT2D eigenvalue weighted by Crippen LogP contribution is -2.04. The zero-order valence-electron chi connectivity index (χ0n) is 13.3. The topological polar surface area (TPSA) is 59.7 Å². The molecule has 3 rings (SSSR count). The Labute approximate surface area is 133 Å². The molecule has 0 aliphatic heterocycles. The molecule has 1 aromatic heterocycles. The minimum absolute atomic E-state index is 0.0728. The van der Waals surface area contributed by atoms with Gasteiger partial charge in [-0.3, -0.25) is 4.79 Å². The Bertz CT molecular complexity index is 976. The van der Waals surface area contributed by atoms with Crippen LogP contribution in [0.5, 0.6) is 11.5 Å². The smallest absolute Gasteiger partial charge is 0.204 e. The average molecular weight is 310 g/mol. The standard InChI is InChI=1S/C19H18O4/c1-11(2)8-9-13-15(22-3)10-16-17(19(13)21)18(20)12-6-4-5-7-14(12)23-16/h4-8,10,21H,9H2,1-3H3. The second-order valence-corrected chi connectivity index (χ2v) is 5.69. The third kappa shape index (κ3) is 2.57. The first-order valence-electron chi connectivity index (χ1n) is 7.40. The van der Waals surface area contributed by atoms with Crippen molar-refractivity contribution in [2.75, 3.05) is 7.11 Å². The Morgan fingerprint density at radius 1 is 1.26 bits per heavy atom. The van der Waals surface area contributed by atoms with Gasteiger partial charge in [0.1, 0.15) is 28.1 Å². The van der Waals surface area contributed by atoms with E-state index in [4.69, 9.17) is 9.15 Å². The van der Waals surface area contributed by atoms with Gasteiger partial charge >= 0.3 is 0 Å². The molecule has 4 nitrogen and oxygen atoms in total. The van der Waals surface area contributed by atoms with Crippen LogP contribution in [0, 0.1) is 0 Å². The van der Waals surface area contributed by atoms with Crippen LogP contribution in [-0.2, 0) is 6.42 Å². The van der Waals surface area contributed by atoms with E-state index in [2.05, 4.69) is 0 Å². The van der Waals surface area contributed by atoms with Crippen molar-refractivity contribution in [3.8, 4) is 11.5 Å². The highest BCUT2D eigenvalue weighted by atomic mass is 16.5. The molecule has 0 aliphatic carbocycles. The van der Waals surface area contributed by atoms with Gasteiger partial charge in [0.25, 0.3) is 0 Å². The van der Waals surface area contributed by atoms with Gasteiger partial charge in [-0.25, -0.2) is 0 Å². The summed E-state index contributed by atoms with van der Waals surface area (Å²) in [4.78, 5) is 12.7. The minimum Gasteiger partial charge on any atom is -0.507 e. The highest BCUT2D eigenvalue weighted by molar-refractivity contribution is 5.94. The molecule has 0 unspecified atom stereocenters. The molecule has 3 aromatic rings. The number of aromatic hydroxyl groups is 1. The Balaban J connectivity index is 2.40. The van der Waals surface area contributed by atoms with E-state index in [1.165, 1.54) is 7.11 Å². The molecule has 0 atom stereocenters. The molecule has 1 heterocycles. The molecule has 0 saturated carbocycles. The number of ether oxygens (including phenoxy) is 1. The molecule has 0 aliphatic rings. The lowest BCUT2D eigenvalue weighted by atomic mass is 10.0. The first-order chi connectivity index (χ1) is 11.0. The molecule has 0 radical (unpaired) electrons. The van der Waals surface area contributed by atoms with Crippen LogP contribution in [0.1, 0.15) is 19.4 Å². The summed E-state index contributed by atoms with van der Waals surface area (Å²) in [6.45, 7) is 3.96. The second kappa shape index (κ2) is 5.80. The van der Waals surface area contributed by atoms with Gasteiger partial charge in [-0.2, -0.15) is 0 Å². The fourth-order valence-corrected chi connectivity index (χ4v) is 2.64. The van der Waals surface area contributed by atoms with Crippen LogP contribution in [-0.4, -0.2) is 12.2 Å². The summed E-state index contributed by atoms with van der Waals surface area (Å²) in [5, 5.41) is 11.3. The fourth-order valence-electron chi connectivity index (χ4n) is 2.64. The highest BCUT2D eigenvalue weighted by Crippen LogP contribution is 2.36. The Kier molecular flexibility index (Phi) is 3.82. The van der Waals surface area contributed by atoms with Gasteiger partial charge in [0, 0.05) is 11.6 Å². The van der Waals surface area contributed by atoms with Crippen LogP contribution in [0.25, 0.3) is 21.9 Å². The maximum absolute atomic E-state index is 12.7. The maximum atomic E-state index is 12.7. The summed E-state index contributed by atoms with van der Waals surface area (Å²) < 4.78 is 11.1. The quantitative estimate of drug-likeness (QED) is 0.582. The Hall–Kier alpha value is -2.75. The number of hydrogen-bond donors (Lipinski definition) is 1. The van der Waals surface area contributed by atoms with E-state index in [1.807, 2.05) is 19.9 Å². The second-order valence-electron chi connectivity index (χ2n) is 5.69. The summed E-state index contributed by atoms with van der Waals surface area (Å²) in [5.74, 6) is 0.433. The number of allylic oxidation sites excluding steroid dienone is 2. The zero-order chi connectivity index (χ0) is 16.6. The predicted molar refractivity (Wildman–Crippen MR) is 91.3 cm³/mol. The van der Waals surface area contributed by atoms with E-state index in [0.717, 1.165) is 5.57 Å². The average Bonchev–Trinajstić information content (AvgIpc) is 2.53. The van der Waals surface area contributed by atoms with Crippen molar-refractivity contribution in [1.29, 1.82) is 0 Å². The van der Waals surface area contributed by atoms with Crippen LogP contribution in [0.3, 0.4) is 0 Å². The Morgan fingerprint density at radius 3 is 2.70 bits per heavy atom. The van der Waals surface area contributed by atoms with Gasteiger partial charge < -0.3 is 14.3 Å². The third-order valence-corrected chi connectivity index (χ3v) is 3.84. The van der Waals surface area contributed by atoms with E-state index in [0.29, 0.717) is 34.3 Å². The number of phenols is 1. The van der Waals surface area contributed by atoms with Crippen LogP contribution in [0.15, 0.2) is 51.2 Å². The molecule has 1 N–H and O–H groups in total. The molecule has 4 heteroatoms. The van der Waals surface area contributed by atoms with Gasteiger partial charge in [0.05, 0.1) is 12.5 Å². The normalized spacial score (nSPS) is 10.9. The van der Waals surface area contributed by atoms with Crippen molar-refractivity contribution in [3.05, 3.63) is 57.8 Å². The van der Waals surface area contributed by atoms with Crippen molar-refractivity contribution >= 4 is 21.9 Å². The number of phenolic OH excluding ortho intramolecular Hbond substituents is 1. The first kappa shape index (κ1) is 15.2. The SMILES string of the molecule is COc1cc2oc3ccccc3c(=O)c2c(O)c1CC=C(C)C. The van der Waals surface area contributed by atoms with Crippen molar-refractivity contribution in [1.82, 2.24) is 0 Å². The summed E-state index contributed by atoms with van der Waals surface area (Å²) in [6.07, 6.45) is 2.46. The van der Waals surface area contributed by atoms with Crippen molar-refractivity contribution in [3.63, 3.8) is 0 Å². The first-order valence-corrected chi connectivity index (χ1v) is 7.40. The number of fused-ring (bicyclic) bond motifs is 2. The number of methoxy groups -OCH3 is 1. The number of rotatable bonds is 3. The van der Waals surface area contributed by atoms with E-state index in [1.54, 1.807) is 30.3 Å². The van der Waals surface area contributed by atoms with Crippen LogP contribution in [0.2, 0.25) is 0 Å². The predicted octanol–water partition coefficient (Wildman–Crippen LogP) is 4.17. The summed E-state index contributed by atoms with van der Waals surface area (Å²) >= 11 is 0. The number of hydrogen-bond acceptors (Lipinski definition) is 4. The summed E-state index contributed by atoms with van der Waals surface area (Å²) in [6, 6.07) is 8.67. The molecular formula is C19H18O4. The van der Waals surface area contributed by atoms with Crippen LogP contribution >= 0.6 is 0 Å². The summed E-state index contributed by atoms with van der Waals surface area (Å²) in [5.41, 5.74) is 2.29. The van der Waals surface area contributed by atoms with Gasteiger partial charge in [-0.15, -0.1) is 0 Å². The van der Waals surface area contributed by atoms with Crippen LogP contribution < -0.4 is 10.2 Å². The van der Waals surface area contributed by atoms with E-state index >= 15 is 0 Å².